The van der Waals surface area contributed by atoms with E-state index in [1.807, 2.05) is 25.1 Å². The van der Waals surface area contributed by atoms with Gasteiger partial charge in [0.25, 0.3) is 5.91 Å². The monoisotopic (exact) mass is 428 g/mol. The van der Waals surface area contributed by atoms with E-state index in [0.717, 1.165) is 11.1 Å². The zero-order valence-electron chi connectivity index (χ0n) is 17.4. The number of hydroxylamine groups is 1. The van der Waals surface area contributed by atoms with E-state index in [1.54, 1.807) is 36.4 Å². The fourth-order valence-electron chi connectivity index (χ4n) is 2.82. The van der Waals surface area contributed by atoms with Gasteiger partial charge in [0.2, 0.25) is 0 Å². The number of amides is 2. The molecular weight excluding hydrogens is 400 g/mol. The number of nitrogens with one attached hydrogen (secondary N) is 2. The van der Waals surface area contributed by atoms with Gasteiger partial charge in [0.05, 0.1) is 6.61 Å². The summed E-state index contributed by atoms with van der Waals surface area (Å²) in [6, 6.07) is 14.5. The minimum absolute atomic E-state index is 0.100. The molecule has 0 aliphatic heterocycles. The Morgan fingerprint density at radius 1 is 1.16 bits per heavy atom. The maximum atomic E-state index is 12.5. The number of ether oxygens (including phenoxy) is 2. The Labute approximate surface area is 181 Å². The Hall–Kier alpha value is -3.36. The Morgan fingerprint density at radius 2 is 1.94 bits per heavy atom. The summed E-state index contributed by atoms with van der Waals surface area (Å²) in [6.07, 6.45) is 3.47. The number of aryl methyl sites for hydroxylation is 1. The Balaban J connectivity index is 2.05. The number of hydrogen-bond donors (Lipinski definition) is 4. The summed E-state index contributed by atoms with van der Waals surface area (Å²) >= 11 is 0. The normalized spacial score (nSPS) is 11.7. The number of rotatable bonds is 11. The van der Waals surface area contributed by atoms with E-state index in [1.165, 1.54) is 11.6 Å². The van der Waals surface area contributed by atoms with Crippen molar-refractivity contribution in [2.45, 2.75) is 32.3 Å². The topological polar surface area (TPSA) is 117 Å². The third-order valence-corrected chi connectivity index (χ3v) is 4.35. The zero-order chi connectivity index (χ0) is 22.5. The molecular formula is C23H28N2O6. The van der Waals surface area contributed by atoms with Crippen molar-refractivity contribution in [1.82, 2.24) is 5.48 Å². The molecule has 0 fully saturated rings. The standard InChI is InChI=1S/C23H28N2O6/c1-17-10-12-19(13-11-17)24-23(28)31-21(8-3-2-4-9-22(27)25-29)18-6-5-7-20(16-18)30-15-14-26/h4-7,9-13,16,21,26,29H,2-3,8,14-15H2,1H3,(H,24,28)(H,25,27)/b9-4+/t21-/m0/s1. The van der Waals surface area contributed by atoms with Crippen LogP contribution in [0, 0.1) is 6.92 Å². The Morgan fingerprint density at radius 3 is 2.65 bits per heavy atom. The van der Waals surface area contributed by atoms with Gasteiger partial charge >= 0.3 is 6.09 Å². The highest BCUT2D eigenvalue weighted by molar-refractivity contribution is 5.86. The van der Waals surface area contributed by atoms with Gasteiger partial charge in [-0.3, -0.25) is 15.3 Å². The lowest BCUT2D eigenvalue weighted by molar-refractivity contribution is -0.124. The molecule has 4 N–H and O–H groups in total. The van der Waals surface area contributed by atoms with Crippen molar-refractivity contribution in [3.8, 4) is 5.75 Å². The van der Waals surface area contributed by atoms with Crippen LogP contribution in [-0.4, -0.2) is 35.5 Å². The molecule has 0 radical (unpaired) electrons. The number of allylic oxidation sites excluding steroid dienone is 1. The van der Waals surface area contributed by atoms with Gasteiger partial charge in [-0.2, -0.15) is 0 Å². The summed E-state index contributed by atoms with van der Waals surface area (Å²) in [4.78, 5) is 23.5. The van der Waals surface area contributed by atoms with E-state index in [4.69, 9.17) is 19.8 Å². The van der Waals surface area contributed by atoms with Crippen LogP contribution in [0.25, 0.3) is 0 Å². The lowest BCUT2D eigenvalue weighted by Crippen LogP contribution is -2.18. The van der Waals surface area contributed by atoms with Crippen LogP contribution in [0.5, 0.6) is 5.75 Å². The number of aliphatic hydroxyl groups is 1. The van der Waals surface area contributed by atoms with E-state index in [2.05, 4.69) is 5.32 Å². The van der Waals surface area contributed by atoms with Gasteiger partial charge in [-0.1, -0.05) is 35.9 Å². The van der Waals surface area contributed by atoms with Crippen LogP contribution in [0.15, 0.2) is 60.7 Å². The lowest BCUT2D eigenvalue weighted by Gasteiger charge is -2.19. The second-order valence-electron chi connectivity index (χ2n) is 6.84. The van der Waals surface area contributed by atoms with Gasteiger partial charge in [-0.15, -0.1) is 0 Å². The maximum Gasteiger partial charge on any atom is 0.412 e. The summed E-state index contributed by atoms with van der Waals surface area (Å²) in [5, 5.41) is 20.2. The summed E-state index contributed by atoms with van der Waals surface area (Å²) in [7, 11) is 0. The van der Waals surface area contributed by atoms with Gasteiger partial charge in [-0.25, -0.2) is 10.3 Å². The van der Waals surface area contributed by atoms with E-state index in [9.17, 15) is 9.59 Å². The molecule has 0 spiro atoms. The summed E-state index contributed by atoms with van der Waals surface area (Å²) in [5.74, 6) is -0.0300. The van der Waals surface area contributed by atoms with Crippen molar-refractivity contribution in [2.24, 2.45) is 0 Å². The quantitative estimate of drug-likeness (QED) is 0.187. The first-order valence-electron chi connectivity index (χ1n) is 10.0. The van der Waals surface area contributed by atoms with E-state index in [-0.39, 0.29) is 13.2 Å². The summed E-state index contributed by atoms with van der Waals surface area (Å²) < 4.78 is 11.1. The first-order valence-corrected chi connectivity index (χ1v) is 10.0. The predicted molar refractivity (Wildman–Crippen MR) is 116 cm³/mol. The number of carbonyl (C=O) groups is 2. The first-order chi connectivity index (χ1) is 15.0. The zero-order valence-corrected chi connectivity index (χ0v) is 17.4. The average Bonchev–Trinajstić information content (AvgIpc) is 2.78. The molecule has 0 aliphatic carbocycles. The minimum atomic E-state index is -0.598. The van der Waals surface area contributed by atoms with Crippen LogP contribution in [0.4, 0.5) is 10.5 Å². The molecule has 0 saturated heterocycles. The second-order valence-corrected chi connectivity index (χ2v) is 6.84. The number of carbonyl (C=O) groups excluding carboxylic acids is 2. The highest BCUT2D eigenvalue weighted by Gasteiger charge is 2.17. The molecule has 31 heavy (non-hydrogen) atoms. The molecule has 2 aromatic carbocycles. The number of unbranched alkanes of at least 4 members (excludes halogenated alkanes) is 1. The molecule has 2 rings (SSSR count). The smallest absolute Gasteiger partial charge is 0.412 e. The fraction of sp³-hybridized carbons (Fsp3) is 0.304. The van der Waals surface area contributed by atoms with Crippen LogP contribution in [-0.2, 0) is 9.53 Å². The third kappa shape index (κ3) is 8.90. The van der Waals surface area contributed by atoms with Crippen molar-refractivity contribution in [1.29, 1.82) is 0 Å². The van der Waals surface area contributed by atoms with Gasteiger partial charge < -0.3 is 14.6 Å². The van der Waals surface area contributed by atoms with Crippen molar-refractivity contribution in [3.63, 3.8) is 0 Å². The van der Waals surface area contributed by atoms with Gasteiger partial charge in [0.1, 0.15) is 18.5 Å². The second kappa shape index (κ2) is 13.0. The van der Waals surface area contributed by atoms with Crippen LogP contribution < -0.4 is 15.5 Å². The summed E-state index contributed by atoms with van der Waals surface area (Å²) in [6.45, 7) is 2.03. The molecule has 0 saturated carbocycles. The fourth-order valence-corrected chi connectivity index (χ4v) is 2.82. The van der Waals surface area contributed by atoms with Crippen molar-refractivity contribution in [2.75, 3.05) is 18.5 Å². The van der Waals surface area contributed by atoms with E-state index in [0.29, 0.717) is 30.7 Å². The van der Waals surface area contributed by atoms with Crippen LogP contribution >= 0.6 is 0 Å². The van der Waals surface area contributed by atoms with E-state index >= 15 is 0 Å². The molecule has 2 amide bonds. The predicted octanol–water partition coefficient (Wildman–Crippen LogP) is 3.89. The number of hydrogen-bond acceptors (Lipinski definition) is 6. The largest absolute Gasteiger partial charge is 0.491 e. The minimum Gasteiger partial charge on any atom is -0.491 e. The molecule has 2 aromatic rings. The van der Waals surface area contributed by atoms with E-state index < -0.39 is 18.1 Å². The summed E-state index contributed by atoms with van der Waals surface area (Å²) in [5.41, 5.74) is 4.00. The molecule has 0 unspecified atom stereocenters. The number of aliphatic hydroxyl groups excluding tert-OH is 1. The molecule has 0 aromatic heterocycles. The van der Waals surface area contributed by atoms with Crippen LogP contribution in [0.1, 0.15) is 36.5 Å². The highest BCUT2D eigenvalue weighted by Crippen LogP contribution is 2.27. The van der Waals surface area contributed by atoms with Gasteiger partial charge in [-0.05, 0) is 56.0 Å². The third-order valence-electron chi connectivity index (χ3n) is 4.35. The van der Waals surface area contributed by atoms with Gasteiger partial charge in [0, 0.05) is 11.8 Å². The highest BCUT2D eigenvalue weighted by atomic mass is 16.6. The Kier molecular flexibility index (Phi) is 10.1. The molecule has 166 valence electrons. The Bertz CT molecular complexity index is 867. The van der Waals surface area contributed by atoms with Gasteiger partial charge in [0.15, 0.2) is 0 Å². The van der Waals surface area contributed by atoms with Crippen molar-refractivity contribution >= 4 is 17.7 Å². The molecule has 8 nitrogen and oxygen atoms in total. The molecule has 8 heteroatoms. The molecule has 0 bridgehead atoms. The molecule has 1 atom stereocenters. The lowest BCUT2D eigenvalue weighted by atomic mass is 10.0. The van der Waals surface area contributed by atoms with Crippen LogP contribution in [0.3, 0.4) is 0 Å². The van der Waals surface area contributed by atoms with Crippen LogP contribution in [0.2, 0.25) is 0 Å². The molecule has 0 heterocycles. The number of anilines is 1. The molecule has 0 aliphatic rings. The van der Waals surface area contributed by atoms with Crippen molar-refractivity contribution in [3.05, 3.63) is 71.8 Å². The number of benzene rings is 2. The van der Waals surface area contributed by atoms with Crippen molar-refractivity contribution < 1.29 is 29.4 Å². The SMILES string of the molecule is Cc1ccc(NC(=O)O[C@@H](CCC/C=C/C(=O)NO)c2cccc(OCCO)c2)cc1. The first kappa shape index (κ1) is 23.9. The average molecular weight is 428 g/mol. The maximum absolute atomic E-state index is 12.5.